The summed E-state index contributed by atoms with van der Waals surface area (Å²) < 4.78 is 10.6. The highest BCUT2D eigenvalue weighted by molar-refractivity contribution is 7.56. The molecule has 0 atom stereocenters. The van der Waals surface area contributed by atoms with Crippen molar-refractivity contribution in [3.8, 4) is 0 Å². The zero-order chi connectivity index (χ0) is 8.32. The van der Waals surface area contributed by atoms with Crippen molar-refractivity contribution in [3.05, 3.63) is 11.6 Å². The van der Waals surface area contributed by atoms with Gasteiger partial charge in [-0.05, 0) is 0 Å². The third-order valence-corrected chi connectivity index (χ3v) is 1.80. The molecule has 6 nitrogen and oxygen atoms in total. The van der Waals surface area contributed by atoms with E-state index in [-0.39, 0.29) is 5.44 Å². The smallest absolute Gasteiger partial charge is 0.338 e. The van der Waals surface area contributed by atoms with Crippen molar-refractivity contribution in [1.29, 1.82) is 0 Å². The van der Waals surface area contributed by atoms with E-state index >= 15 is 0 Å². The molecule has 1 heterocycles. The largest absolute Gasteiger partial charge is 0.373 e. The number of hydrogen-bond donors (Lipinski definition) is 3. The van der Waals surface area contributed by atoms with E-state index in [1.165, 1.54) is 6.34 Å². The molecule has 0 amide bonds. The molecule has 11 heavy (non-hydrogen) atoms. The summed E-state index contributed by atoms with van der Waals surface area (Å²) in [6.45, 7) is 0. The maximum atomic E-state index is 10.6. The first-order valence-electron chi connectivity index (χ1n) is 2.67. The molecule has 1 rings (SSSR count). The normalized spacial score (nSPS) is 17.1. The van der Waals surface area contributed by atoms with E-state index in [4.69, 9.17) is 9.79 Å². The van der Waals surface area contributed by atoms with E-state index in [2.05, 4.69) is 15.3 Å². The minimum Gasteiger partial charge on any atom is -0.338 e. The fourth-order valence-electron chi connectivity index (χ4n) is 0.476. The summed E-state index contributed by atoms with van der Waals surface area (Å²) in [6, 6.07) is 0. The Bertz CT molecular complexity index is 276. The lowest BCUT2D eigenvalue weighted by Gasteiger charge is -2.04. The van der Waals surface area contributed by atoms with Crippen molar-refractivity contribution in [2.75, 3.05) is 0 Å². The number of nitrogens with one attached hydrogen (secondary N) is 1. The second kappa shape index (κ2) is 2.96. The predicted molar refractivity (Wildman–Crippen MR) is 40.2 cm³/mol. The predicted octanol–water partition coefficient (Wildman–Crippen LogP) is -0.377. The van der Waals surface area contributed by atoms with Gasteiger partial charge >= 0.3 is 7.60 Å². The summed E-state index contributed by atoms with van der Waals surface area (Å²) >= 11 is 0. The summed E-state index contributed by atoms with van der Waals surface area (Å²) in [5, 5.41) is 2.30. The Morgan fingerprint density at radius 2 is 2.18 bits per heavy atom. The van der Waals surface area contributed by atoms with Crippen LogP contribution in [0.5, 0.6) is 0 Å². The molecule has 0 aromatic rings. The van der Waals surface area contributed by atoms with Gasteiger partial charge < -0.3 is 15.1 Å². The number of nitrogens with zero attached hydrogens (tertiary/aromatic N) is 2. The third-order valence-electron chi connectivity index (χ3n) is 0.931. The van der Waals surface area contributed by atoms with Crippen molar-refractivity contribution in [2.24, 2.45) is 9.98 Å². The zero-order valence-corrected chi connectivity index (χ0v) is 6.27. The summed E-state index contributed by atoms with van der Waals surface area (Å²) in [7, 11) is -4.22. The summed E-state index contributed by atoms with van der Waals surface area (Å²) in [5.74, 6) is 0. The van der Waals surface area contributed by atoms with Gasteiger partial charge in [0.1, 0.15) is 11.8 Å². The SMILES string of the molecule is O=P(O)(O)C1=CN=CN=CN1. The quantitative estimate of drug-likeness (QED) is 0.473. The topological polar surface area (TPSA) is 94.3 Å². The molecule has 0 aliphatic carbocycles. The van der Waals surface area contributed by atoms with Gasteiger partial charge in [0.05, 0.1) is 12.5 Å². The lowest BCUT2D eigenvalue weighted by Crippen LogP contribution is -2.09. The van der Waals surface area contributed by atoms with Gasteiger partial charge in [0.25, 0.3) is 0 Å². The van der Waals surface area contributed by atoms with Crippen molar-refractivity contribution in [3.63, 3.8) is 0 Å². The van der Waals surface area contributed by atoms with Gasteiger partial charge in [-0.3, -0.25) is 4.57 Å². The first kappa shape index (κ1) is 8.13. The molecule has 3 N–H and O–H groups in total. The molecule has 0 saturated carbocycles. The van der Waals surface area contributed by atoms with E-state index in [1.54, 1.807) is 0 Å². The minimum absolute atomic E-state index is 0.255. The summed E-state index contributed by atoms with van der Waals surface area (Å²) in [6.07, 6.45) is 3.37. The average molecular weight is 175 g/mol. The van der Waals surface area contributed by atoms with Crippen LogP contribution in [0.2, 0.25) is 0 Å². The van der Waals surface area contributed by atoms with Crippen LogP contribution in [0.25, 0.3) is 0 Å². The Labute approximate surface area is 62.5 Å². The molecule has 0 fully saturated rings. The van der Waals surface area contributed by atoms with E-state index in [0.29, 0.717) is 0 Å². The highest BCUT2D eigenvalue weighted by Crippen LogP contribution is 2.42. The number of hydrogen-bond acceptors (Lipinski definition) is 4. The van der Waals surface area contributed by atoms with Crippen molar-refractivity contribution < 1.29 is 14.4 Å². The summed E-state index contributed by atoms with van der Waals surface area (Å²) in [4.78, 5) is 24.2. The molecule has 0 aromatic carbocycles. The van der Waals surface area contributed by atoms with Gasteiger partial charge in [-0.15, -0.1) is 0 Å². The Morgan fingerprint density at radius 3 is 2.82 bits per heavy atom. The third kappa shape index (κ3) is 2.27. The molecule has 0 spiro atoms. The molecule has 0 saturated heterocycles. The van der Waals surface area contributed by atoms with Crippen molar-refractivity contribution in [1.82, 2.24) is 5.32 Å². The van der Waals surface area contributed by atoms with Crippen LogP contribution in [0, 0.1) is 0 Å². The van der Waals surface area contributed by atoms with Crippen LogP contribution >= 0.6 is 7.60 Å². The fourth-order valence-corrected chi connectivity index (χ4v) is 0.919. The van der Waals surface area contributed by atoms with E-state index in [9.17, 15) is 4.57 Å². The molecule has 1 aliphatic heterocycles. The number of aliphatic imine (C=N–C) groups is 2. The maximum Gasteiger partial charge on any atom is 0.373 e. The van der Waals surface area contributed by atoms with Crippen LogP contribution in [-0.4, -0.2) is 22.5 Å². The first-order valence-corrected chi connectivity index (χ1v) is 4.28. The standard InChI is InChI=1S/C4H6N3O3P/c8-11(9,10)4-1-5-2-6-3-7-4/h1-3H,(H,5,6,7)(H2,8,9,10). The molecule has 0 bridgehead atoms. The van der Waals surface area contributed by atoms with Crippen molar-refractivity contribution in [2.45, 2.75) is 0 Å². The first-order chi connectivity index (χ1) is 5.11. The molecule has 7 heteroatoms. The highest BCUT2D eigenvalue weighted by atomic mass is 31.2. The monoisotopic (exact) mass is 175 g/mol. The fraction of sp³-hybridized carbons (Fsp3) is 0. The molecule has 0 radical (unpaired) electrons. The Balaban J connectivity index is 2.90. The maximum absolute atomic E-state index is 10.6. The van der Waals surface area contributed by atoms with Gasteiger partial charge in [0, 0.05) is 0 Å². The molecular formula is C4H6N3O3P. The van der Waals surface area contributed by atoms with Crippen molar-refractivity contribution >= 4 is 20.3 Å². The molecule has 0 unspecified atom stereocenters. The Hall–Kier alpha value is -0.970. The molecular weight excluding hydrogens is 169 g/mol. The highest BCUT2D eigenvalue weighted by Gasteiger charge is 2.20. The number of rotatable bonds is 1. The van der Waals surface area contributed by atoms with Crippen LogP contribution in [0.15, 0.2) is 21.6 Å². The zero-order valence-electron chi connectivity index (χ0n) is 5.38. The molecule has 0 aromatic heterocycles. The van der Waals surface area contributed by atoms with Gasteiger partial charge in [-0.2, -0.15) is 0 Å². The second-order valence-corrected chi connectivity index (χ2v) is 3.32. The lowest BCUT2D eigenvalue weighted by atomic mass is 10.9. The van der Waals surface area contributed by atoms with Gasteiger partial charge in [-0.1, -0.05) is 0 Å². The summed E-state index contributed by atoms with van der Waals surface area (Å²) in [5.41, 5.74) is -0.255. The van der Waals surface area contributed by atoms with E-state index < -0.39 is 7.60 Å². The Kier molecular flexibility index (Phi) is 2.19. The van der Waals surface area contributed by atoms with Crippen LogP contribution in [0.3, 0.4) is 0 Å². The van der Waals surface area contributed by atoms with Crippen LogP contribution in [0.1, 0.15) is 0 Å². The van der Waals surface area contributed by atoms with Crippen LogP contribution in [-0.2, 0) is 4.57 Å². The average Bonchev–Trinajstić information content (AvgIpc) is 2.10. The van der Waals surface area contributed by atoms with Crippen LogP contribution < -0.4 is 5.32 Å². The van der Waals surface area contributed by atoms with E-state index in [0.717, 1.165) is 12.5 Å². The molecule has 1 aliphatic rings. The minimum atomic E-state index is -4.22. The lowest BCUT2D eigenvalue weighted by molar-refractivity contribution is 0.380. The Morgan fingerprint density at radius 1 is 1.45 bits per heavy atom. The van der Waals surface area contributed by atoms with E-state index in [1.807, 2.05) is 0 Å². The van der Waals surface area contributed by atoms with Gasteiger partial charge in [-0.25, -0.2) is 9.98 Å². The van der Waals surface area contributed by atoms with Gasteiger partial charge in [0.15, 0.2) is 0 Å². The second-order valence-electron chi connectivity index (χ2n) is 1.75. The van der Waals surface area contributed by atoms with Crippen LogP contribution in [0.4, 0.5) is 0 Å². The van der Waals surface area contributed by atoms with Gasteiger partial charge in [0.2, 0.25) is 0 Å². The molecule has 60 valence electrons.